The fourth-order valence-corrected chi connectivity index (χ4v) is 3.32. The quantitative estimate of drug-likeness (QED) is 0.869. The average molecular weight is 369 g/mol. The first-order valence-electron chi connectivity index (χ1n) is 7.99. The third-order valence-electron chi connectivity index (χ3n) is 4.45. The van der Waals surface area contributed by atoms with Crippen molar-refractivity contribution in [3.63, 3.8) is 0 Å². The fraction of sp³-hybridized carbons (Fsp3) is 0.412. The molecule has 2 atom stereocenters. The van der Waals surface area contributed by atoms with Crippen molar-refractivity contribution in [2.75, 3.05) is 6.54 Å². The van der Waals surface area contributed by atoms with Gasteiger partial charge in [0.1, 0.15) is 0 Å². The predicted octanol–water partition coefficient (Wildman–Crippen LogP) is 3.19. The van der Waals surface area contributed by atoms with Gasteiger partial charge in [-0.05, 0) is 43.5 Å². The Morgan fingerprint density at radius 3 is 2.92 bits per heavy atom. The Bertz CT molecular complexity index is 689. The van der Waals surface area contributed by atoms with E-state index in [1.165, 1.54) is 6.42 Å². The van der Waals surface area contributed by atoms with E-state index in [2.05, 4.69) is 10.4 Å². The van der Waals surface area contributed by atoms with E-state index in [0.29, 0.717) is 23.0 Å². The van der Waals surface area contributed by atoms with Crippen molar-refractivity contribution < 1.29 is 4.79 Å². The van der Waals surface area contributed by atoms with E-state index < -0.39 is 0 Å². The van der Waals surface area contributed by atoms with Gasteiger partial charge in [-0.1, -0.05) is 30.5 Å². The van der Waals surface area contributed by atoms with E-state index in [1.54, 1.807) is 23.1 Å². The van der Waals surface area contributed by atoms with Gasteiger partial charge in [0.25, 0.3) is 5.91 Å². The minimum atomic E-state index is -0.0939. The standard InChI is InChI=1S/C17H21ClN4O.ClH/c18-14-5-3-6-15(8-14)22-11-13(10-20-22)17(23)21-16-7-2-1-4-12(16)9-19;/h3,5-6,8,10-12,16H,1-2,4,7,9,19H2,(H,21,23);1H. The Morgan fingerprint density at radius 1 is 1.38 bits per heavy atom. The van der Waals surface area contributed by atoms with Crippen molar-refractivity contribution in [2.45, 2.75) is 31.7 Å². The molecule has 0 bridgehead atoms. The smallest absolute Gasteiger partial charge is 0.254 e. The van der Waals surface area contributed by atoms with E-state index >= 15 is 0 Å². The van der Waals surface area contributed by atoms with Crippen LogP contribution in [0.15, 0.2) is 36.7 Å². The zero-order valence-electron chi connectivity index (χ0n) is 13.3. The van der Waals surface area contributed by atoms with Gasteiger partial charge in [0, 0.05) is 17.3 Å². The number of benzene rings is 1. The van der Waals surface area contributed by atoms with Crippen LogP contribution in [0.5, 0.6) is 0 Å². The van der Waals surface area contributed by atoms with Crippen LogP contribution in [0.4, 0.5) is 0 Å². The summed E-state index contributed by atoms with van der Waals surface area (Å²) in [5.74, 6) is 0.277. The molecule has 7 heteroatoms. The van der Waals surface area contributed by atoms with Gasteiger partial charge in [-0.3, -0.25) is 4.79 Å². The van der Waals surface area contributed by atoms with Gasteiger partial charge >= 0.3 is 0 Å². The lowest BCUT2D eigenvalue weighted by Crippen LogP contribution is -2.44. The predicted molar refractivity (Wildman–Crippen MR) is 98.1 cm³/mol. The maximum absolute atomic E-state index is 12.5. The Labute approximate surface area is 153 Å². The lowest BCUT2D eigenvalue weighted by Gasteiger charge is -2.31. The first-order chi connectivity index (χ1) is 11.2. The maximum atomic E-state index is 12.5. The number of carbonyl (C=O) groups excluding carboxylic acids is 1. The van der Waals surface area contributed by atoms with Crippen molar-refractivity contribution in [2.24, 2.45) is 11.7 Å². The van der Waals surface area contributed by atoms with Crippen LogP contribution in [0.25, 0.3) is 5.69 Å². The highest BCUT2D eigenvalue weighted by Crippen LogP contribution is 2.24. The number of rotatable bonds is 4. The fourth-order valence-electron chi connectivity index (χ4n) is 3.13. The molecule has 0 aliphatic heterocycles. The van der Waals surface area contributed by atoms with Gasteiger partial charge < -0.3 is 11.1 Å². The molecule has 1 heterocycles. The summed E-state index contributed by atoms with van der Waals surface area (Å²) in [6.07, 6.45) is 7.72. The van der Waals surface area contributed by atoms with Crippen LogP contribution in [0.2, 0.25) is 5.02 Å². The number of nitrogens with zero attached hydrogens (tertiary/aromatic N) is 2. The Morgan fingerprint density at radius 2 is 2.17 bits per heavy atom. The Kier molecular flexibility index (Phi) is 6.66. The van der Waals surface area contributed by atoms with E-state index in [1.807, 2.05) is 18.2 Å². The lowest BCUT2D eigenvalue weighted by molar-refractivity contribution is 0.0908. The molecule has 1 amide bonds. The molecule has 24 heavy (non-hydrogen) atoms. The number of amides is 1. The van der Waals surface area contributed by atoms with Crippen molar-refractivity contribution in [3.05, 3.63) is 47.2 Å². The van der Waals surface area contributed by atoms with Crippen LogP contribution in [-0.4, -0.2) is 28.3 Å². The molecule has 1 aliphatic rings. The monoisotopic (exact) mass is 368 g/mol. The first-order valence-corrected chi connectivity index (χ1v) is 8.36. The van der Waals surface area contributed by atoms with E-state index in [9.17, 15) is 4.79 Å². The highest BCUT2D eigenvalue weighted by molar-refractivity contribution is 6.30. The molecule has 0 radical (unpaired) electrons. The maximum Gasteiger partial charge on any atom is 0.254 e. The minimum Gasteiger partial charge on any atom is -0.349 e. The summed E-state index contributed by atoms with van der Waals surface area (Å²) in [6.45, 7) is 0.618. The second-order valence-corrected chi connectivity index (χ2v) is 6.45. The Hall–Kier alpha value is -1.56. The summed E-state index contributed by atoms with van der Waals surface area (Å²) in [7, 11) is 0. The highest BCUT2D eigenvalue weighted by atomic mass is 35.5. The molecule has 5 nitrogen and oxygen atoms in total. The number of nitrogens with one attached hydrogen (secondary N) is 1. The first kappa shape index (κ1) is 18.8. The number of carbonyl (C=O) groups is 1. The molecule has 1 saturated carbocycles. The summed E-state index contributed by atoms with van der Waals surface area (Å²) >= 11 is 5.99. The van der Waals surface area contributed by atoms with Crippen LogP contribution in [0, 0.1) is 5.92 Å². The average Bonchev–Trinajstić information content (AvgIpc) is 3.05. The second-order valence-electron chi connectivity index (χ2n) is 6.01. The molecule has 1 fully saturated rings. The summed E-state index contributed by atoms with van der Waals surface area (Å²) in [6, 6.07) is 7.52. The van der Waals surface area contributed by atoms with Crippen LogP contribution in [0.3, 0.4) is 0 Å². The Balaban J connectivity index is 0.00000208. The molecule has 3 rings (SSSR count). The van der Waals surface area contributed by atoms with Crippen LogP contribution < -0.4 is 11.1 Å². The molecule has 2 unspecified atom stereocenters. The summed E-state index contributed by atoms with van der Waals surface area (Å²) in [5.41, 5.74) is 7.20. The van der Waals surface area contributed by atoms with Gasteiger partial charge in [-0.25, -0.2) is 4.68 Å². The van der Waals surface area contributed by atoms with Gasteiger partial charge in [0.05, 0.1) is 17.4 Å². The van der Waals surface area contributed by atoms with Crippen molar-refractivity contribution in [1.29, 1.82) is 0 Å². The molecule has 0 saturated heterocycles. The van der Waals surface area contributed by atoms with Crippen LogP contribution >= 0.6 is 24.0 Å². The van der Waals surface area contributed by atoms with Crippen LogP contribution in [-0.2, 0) is 0 Å². The number of hydrogen-bond donors (Lipinski definition) is 2. The number of aromatic nitrogens is 2. The van der Waals surface area contributed by atoms with Gasteiger partial charge in [0.15, 0.2) is 0 Å². The molecule has 0 spiro atoms. The SMILES string of the molecule is Cl.NCC1CCCCC1NC(=O)c1cnn(-c2cccc(Cl)c2)c1. The van der Waals surface area contributed by atoms with Crippen molar-refractivity contribution in [1.82, 2.24) is 15.1 Å². The summed E-state index contributed by atoms with van der Waals surface area (Å²) < 4.78 is 1.65. The van der Waals surface area contributed by atoms with E-state index in [0.717, 1.165) is 24.9 Å². The molecule has 3 N–H and O–H groups in total. The molecule has 1 aliphatic carbocycles. The van der Waals surface area contributed by atoms with Gasteiger partial charge in [-0.2, -0.15) is 5.10 Å². The molecular formula is C17H22Cl2N4O. The second kappa shape index (κ2) is 8.51. The molecule has 1 aromatic heterocycles. The highest BCUT2D eigenvalue weighted by Gasteiger charge is 2.26. The minimum absolute atomic E-state index is 0. The molecular weight excluding hydrogens is 347 g/mol. The van der Waals surface area contributed by atoms with Crippen molar-refractivity contribution >= 4 is 29.9 Å². The zero-order chi connectivity index (χ0) is 16.2. The molecule has 2 aromatic rings. The molecule has 130 valence electrons. The normalized spacial score (nSPS) is 20.2. The largest absolute Gasteiger partial charge is 0.349 e. The number of hydrogen-bond acceptors (Lipinski definition) is 3. The van der Waals surface area contributed by atoms with Gasteiger partial charge in [-0.15, -0.1) is 12.4 Å². The summed E-state index contributed by atoms with van der Waals surface area (Å²) in [4.78, 5) is 12.5. The number of nitrogens with two attached hydrogens (primary N) is 1. The zero-order valence-corrected chi connectivity index (χ0v) is 14.9. The van der Waals surface area contributed by atoms with E-state index in [-0.39, 0.29) is 24.4 Å². The summed E-state index contributed by atoms with van der Waals surface area (Å²) in [5, 5.41) is 8.00. The molecule has 1 aromatic carbocycles. The van der Waals surface area contributed by atoms with Gasteiger partial charge in [0.2, 0.25) is 0 Å². The van der Waals surface area contributed by atoms with Crippen LogP contribution in [0.1, 0.15) is 36.0 Å². The number of halogens is 2. The van der Waals surface area contributed by atoms with Crippen molar-refractivity contribution in [3.8, 4) is 5.69 Å². The lowest BCUT2D eigenvalue weighted by atomic mass is 9.84. The topological polar surface area (TPSA) is 72.9 Å². The third-order valence-corrected chi connectivity index (χ3v) is 4.68. The van der Waals surface area contributed by atoms with E-state index in [4.69, 9.17) is 17.3 Å². The third kappa shape index (κ3) is 4.29.